The summed E-state index contributed by atoms with van der Waals surface area (Å²) in [6, 6.07) is 15.3. The number of sulfone groups is 1. The summed E-state index contributed by atoms with van der Waals surface area (Å²) in [5.74, 6) is -0.830. The number of aryl methyl sites for hydroxylation is 1. The molecule has 2 N–H and O–H groups in total. The zero-order valence-corrected chi connectivity index (χ0v) is 17.1. The van der Waals surface area contributed by atoms with E-state index < -0.39 is 15.8 Å². The number of fused-ring (bicyclic) bond motifs is 1. The molecule has 6 nitrogen and oxygen atoms in total. The van der Waals surface area contributed by atoms with Gasteiger partial charge in [0, 0.05) is 18.7 Å². The summed E-state index contributed by atoms with van der Waals surface area (Å²) < 4.78 is 25.9. The van der Waals surface area contributed by atoms with Gasteiger partial charge in [-0.3, -0.25) is 4.98 Å². The molecular weight excluding hydrogens is 400 g/mol. The maximum absolute atomic E-state index is 12.9. The van der Waals surface area contributed by atoms with Crippen LogP contribution in [0, 0.1) is 0 Å². The first kappa shape index (κ1) is 20.1. The van der Waals surface area contributed by atoms with Crippen molar-refractivity contribution in [3.8, 4) is 0 Å². The van der Waals surface area contributed by atoms with Gasteiger partial charge in [-0.15, -0.1) is 0 Å². The highest BCUT2D eigenvalue weighted by Crippen LogP contribution is 2.34. The summed E-state index contributed by atoms with van der Waals surface area (Å²) in [6.45, 7) is 0.559. The number of nitrogens with zero attached hydrogens (tertiary/aromatic N) is 1. The Labute approximate surface area is 175 Å². The molecular formula is C23H22N2O4S. The number of carboxylic acids is 1. The molecule has 0 spiro atoms. The molecule has 0 saturated heterocycles. The SMILES string of the molecule is O=C(O)c1ccncc1NC[C@@H]1CCCc2cc(S(=O)(=O)c3ccccc3)ccc21. The lowest BCUT2D eigenvalue weighted by molar-refractivity contribution is 0.0697. The van der Waals surface area contributed by atoms with E-state index in [1.54, 1.807) is 42.5 Å². The number of carbonyl (C=O) groups is 1. The van der Waals surface area contributed by atoms with Gasteiger partial charge in [0.2, 0.25) is 9.84 Å². The van der Waals surface area contributed by atoms with Crippen molar-refractivity contribution in [2.75, 3.05) is 11.9 Å². The summed E-state index contributed by atoms with van der Waals surface area (Å²) in [6.07, 6.45) is 5.71. The smallest absolute Gasteiger partial charge is 0.337 e. The fourth-order valence-electron chi connectivity index (χ4n) is 3.96. The number of anilines is 1. The fraction of sp³-hybridized carbons (Fsp3) is 0.217. The molecule has 154 valence electrons. The van der Waals surface area contributed by atoms with E-state index in [1.807, 2.05) is 6.07 Å². The van der Waals surface area contributed by atoms with E-state index in [9.17, 15) is 18.3 Å². The van der Waals surface area contributed by atoms with E-state index in [0.29, 0.717) is 17.1 Å². The van der Waals surface area contributed by atoms with Crippen LogP contribution in [0.1, 0.15) is 40.2 Å². The normalized spacial score (nSPS) is 15.9. The minimum absolute atomic E-state index is 0.170. The van der Waals surface area contributed by atoms with Gasteiger partial charge in [0.05, 0.1) is 27.2 Å². The Hall–Kier alpha value is -3.19. The Balaban J connectivity index is 1.58. The average Bonchev–Trinajstić information content (AvgIpc) is 2.78. The van der Waals surface area contributed by atoms with Crippen LogP contribution in [0.3, 0.4) is 0 Å². The van der Waals surface area contributed by atoms with Gasteiger partial charge in [-0.2, -0.15) is 0 Å². The number of rotatable bonds is 6. The molecule has 3 aromatic rings. The largest absolute Gasteiger partial charge is 0.478 e. The number of hydrogen-bond acceptors (Lipinski definition) is 5. The van der Waals surface area contributed by atoms with Crippen LogP contribution >= 0.6 is 0 Å². The van der Waals surface area contributed by atoms with Gasteiger partial charge in [-0.05, 0) is 60.7 Å². The van der Waals surface area contributed by atoms with Crippen molar-refractivity contribution in [2.24, 2.45) is 0 Å². The molecule has 0 bridgehead atoms. The first-order chi connectivity index (χ1) is 14.5. The van der Waals surface area contributed by atoms with Crippen LogP contribution in [-0.2, 0) is 16.3 Å². The molecule has 4 rings (SSSR count). The Morgan fingerprint density at radius 3 is 2.67 bits per heavy atom. The summed E-state index contributed by atoms with van der Waals surface area (Å²) in [7, 11) is -3.55. The molecule has 1 aliphatic carbocycles. The van der Waals surface area contributed by atoms with Crippen molar-refractivity contribution >= 4 is 21.5 Å². The van der Waals surface area contributed by atoms with Gasteiger partial charge in [-0.25, -0.2) is 13.2 Å². The minimum Gasteiger partial charge on any atom is -0.478 e. The number of pyridine rings is 1. The lowest BCUT2D eigenvalue weighted by atomic mass is 9.83. The molecule has 30 heavy (non-hydrogen) atoms. The van der Waals surface area contributed by atoms with E-state index >= 15 is 0 Å². The molecule has 0 aliphatic heterocycles. The van der Waals surface area contributed by atoms with Gasteiger partial charge in [0.1, 0.15) is 0 Å². The van der Waals surface area contributed by atoms with Crippen LogP contribution in [0.2, 0.25) is 0 Å². The van der Waals surface area contributed by atoms with Crippen LogP contribution in [0.15, 0.2) is 76.8 Å². The third-order valence-corrected chi connectivity index (χ3v) is 7.27. The number of carboxylic acid groups (broad SMARTS) is 1. The van der Waals surface area contributed by atoms with Gasteiger partial charge in [-0.1, -0.05) is 24.3 Å². The Bertz CT molecular complexity index is 1180. The zero-order valence-electron chi connectivity index (χ0n) is 16.3. The third-order valence-electron chi connectivity index (χ3n) is 5.51. The lowest BCUT2D eigenvalue weighted by Gasteiger charge is -2.27. The fourth-order valence-corrected chi connectivity index (χ4v) is 5.29. The number of aromatic nitrogens is 1. The topological polar surface area (TPSA) is 96.4 Å². The molecule has 2 aromatic carbocycles. The van der Waals surface area contributed by atoms with Crippen molar-refractivity contribution in [3.05, 3.63) is 83.7 Å². The second-order valence-corrected chi connectivity index (χ2v) is 9.32. The molecule has 1 atom stereocenters. The van der Waals surface area contributed by atoms with Crippen LogP contribution in [0.25, 0.3) is 0 Å². The highest BCUT2D eigenvalue weighted by atomic mass is 32.2. The molecule has 7 heteroatoms. The standard InChI is InChI=1S/C23H22N2O4S/c26-23(27)21-11-12-24-15-22(21)25-14-17-6-4-5-16-13-19(9-10-20(16)17)30(28,29)18-7-2-1-3-8-18/h1-3,7-13,15,17,25H,4-6,14H2,(H,26,27)/t17-/m0/s1. The van der Waals surface area contributed by atoms with Crippen LogP contribution in [0.5, 0.6) is 0 Å². The van der Waals surface area contributed by atoms with Crippen molar-refractivity contribution < 1.29 is 18.3 Å². The molecule has 0 unspecified atom stereocenters. The molecule has 0 saturated carbocycles. The average molecular weight is 423 g/mol. The van der Waals surface area contributed by atoms with E-state index in [-0.39, 0.29) is 16.4 Å². The van der Waals surface area contributed by atoms with Gasteiger partial charge < -0.3 is 10.4 Å². The summed E-state index contributed by atoms with van der Waals surface area (Å²) in [4.78, 5) is 16.0. The first-order valence-electron chi connectivity index (χ1n) is 9.81. The van der Waals surface area contributed by atoms with Gasteiger partial charge in [0.25, 0.3) is 0 Å². The monoisotopic (exact) mass is 422 g/mol. The predicted molar refractivity (Wildman–Crippen MR) is 114 cm³/mol. The predicted octanol–water partition coefficient (Wildman–Crippen LogP) is 4.14. The second kappa shape index (κ2) is 8.28. The molecule has 1 aromatic heterocycles. The van der Waals surface area contributed by atoms with E-state index in [1.165, 1.54) is 18.5 Å². The highest BCUT2D eigenvalue weighted by molar-refractivity contribution is 7.91. The molecule has 1 aliphatic rings. The molecule has 0 radical (unpaired) electrons. The Morgan fingerprint density at radius 1 is 1.10 bits per heavy atom. The van der Waals surface area contributed by atoms with E-state index in [4.69, 9.17) is 0 Å². The van der Waals surface area contributed by atoms with Gasteiger partial charge in [0.15, 0.2) is 0 Å². The molecule has 0 amide bonds. The summed E-state index contributed by atoms with van der Waals surface area (Å²) in [5, 5.41) is 12.6. The zero-order chi connectivity index (χ0) is 21.1. The highest BCUT2D eigenvalue weighted by Gasteiger charge is 2.24. The Morgan fingerprint density at radius 2 is 1.90 bits per heavy atom. The van der Waals surface area contributed by atoms with E-state index in [2.05, 4.69) is 10.3 Å². The second-order valence-electron chi connectivity index (χ2n) is 7.37. The molecule has 1 heterocycles. The van der Waals surface area contributed by atoms with Crippen molar-refractivity contribution in [1.82, 2.24) is 4.98 Å². The number of aromatic carboxylic acids is 1. The maximum Gasteiger partial charge on any atom is 0.337 e. The molecule has 0 fully saturated rings. The number of benzene rings is 2. The maximum atomic E-state index is 12.9. The van der Waals surface area contributed by atoms with Crippen LogP contribution in [0.4, 0.5) is 5.69 Å². The quantitative estimate of drug-likeness (QED) is 0.620. The van der Waals surface area contributed by atoms with Crippen molar-refractivity contribution in [1.29, 1.82) is 0 Å². The van der Waals surface area contributed by atoms with Crippen LogP contribution < -0.4 is 5.32 Å². The first-order valence-corrected chi connectivity index (χ1v) is 11.3. The summed E-state index contributed by atoms with van der Waals surface area (Å²) in [5.41, 5.74) is 2.82. The van der Waals surface area contributed by atoms with Crippen molar-refractivity contribution in [3.63, 3.8) is 0 Å². The minimum atomic E-state index is -3.55. The Kier molecular flexibility index (Phi) is 5.55. The van der Waals surface area contributed by atoms with Crippen LogP contribution in [-0.4, -0.2) is 31.0 Å². The number of nitrogens with one attached hydrogen (secondary N) is 1. The van der Waals surface area contributed by atoms with Gasteiger partial charge >= 0.3 is 5.97 Å². The van der Waals surface area contributed by atoms with E-state index in [0.717, 1.165) is 30.4 Å². The summed E-state index contributed by atoms with van der Waals surface area (Å²) >= 11 is 0. The third kappa shape index (κ3) is 3.93. The van der Waals surface area contributed by atoms with Crippen molar-refractivity contribution in [2.45, 2.75) is 35.0 Å². The lowest BCUT2D eigenvalue weighted by Crippen LogP contribution is -2.19. The number of hydrogen-bond donors (Lipinski definition) is 2.